The van der Waals surface area contributed by atoms with Crippen molar-refractivity contribution in [3.8, 4) is 0 Å². The molecule has 0 bridgehead atoms. The standard InChI is InChI=1S/C6H10N3O5P.C5H14NO/c10-6(11)5(9-15(12,13)14)1-4-2-7-3-8-4;1-6(2,3)4-5-7/h2-3,5H,1H2,(H,7,8)(H,10,11)(H3,9,12,13,14);7H,4-5H2,1-3H3/q;+1/p-1/t5-;/m0./s1. The van der Waals surface area contributed by atoms with Gasteiger partial charge in [0.2, 0.25) is 0 Å². The van der Waals surface area contributed by atoms with Gasteiger partial charge in [-0.25, -0.2) is 14.6 Å². The number of nitrogens with zero attached hydrogens (tertiary/aromatic N) is 2. The second-order valence-corrected chi connectivity index (χ2v) is 6.91. The van der Waals surface area contributed by atoms with Crippen LogP contribution in [0.2, 0.25) is 0 Å². The number of aliphatic hydroxyl groups excluding tert-OH is 1. The molecule has 0 radical (unpaired) electrons. The maximum atomic E-state index is 10.6. The van der Waals surface area contributed by atoms with Crippen LogP contribution in [0.4, 0.5) is 0 Å². The molecular formula is C11H23N4O6P. The molecule has 11 heteroatoms. The Balaban J connectivity index is 0.000000534. The van der Waals surface area contributed by atoms with E-state index in [2.05, 4.69) is 31.1 Å². The van der Waals surface area contributed by atoms with Crippen molar-refractivity contribution < 1.29 is 33.8 Å². The molecule has 0 saturated carbocycles. The lowest BCUT2D eigenvalue weighted by atomic mass is 10.2. The van der Waals surface area contributed by atoms with Gasteiger partial charge in [0.15, 0.2) is 0 Å². The summed E-state index contributed by atoms with van der Waals surface area (Å²) in [5.74, 6) is -1.59. The summed E-state index contributed by atoms with van der Waals surface area (Å²) in [5, 5.41) is 20.6. The predicted molar refractivity (Wildman–Crippen MR) is 76.3 cm³/mol. The lowest BCUT2D eigenvalue weighted by molar-refractivity contribution is -0.870. The topological polar surface area (TPSA) is 159 Å². The number of nitrogens with one attached hydrogen (secondary N) is 2. The Morgan fingerprint density at radius 2 is 2.09 bits per heavy atom. The lowest BCUT2D eigenvalue weighted by Crippen LogP contribution is -2.45. The molecule has 1 heterocycles. The van der Waals surface area contributed by atoms with Crippen molar-refractivity contribution in [2.45, 2.75) is 12.5 Å². The van der Waals surface area contributed by atoms with Crippen molar-refractivity contribution in [3.63, 3.8) is 0 Å². The number of imidazole rings is 1. The van der Waals surface area contributed by atoms with Gasteiger partial charge in [0.25, 0.3) is 0 Å². The first kappa shape index (κ1) is 20.7. The highest BCUT2D eigenvalue weighted by atomic mass is 31.2. The SMILES string of the molecule is C[N+](C)(C)CCO.O=C([O-])[C@H](Cc1cnc[nH]1)NP(=O)(O)O. The van der Waals surface area contributed by atoms with Crippen LogP contribution in [0.5, 0.6) is 0 Å². The maximum Gasteiger partial charge on any atom is 0.400 e. The highest BCUT2D eigenvalue weighted by molar-refractivity contribution is 7.49. The Kier molecular flexibility index (Phi) is 8.46. The second-order valence-electron chi connectivity index (χ2n) is 5.56. The number of carbonyl (C=O) groups excluding carboxylic acids is 1. The van der Waals surface area contributed by atoms with Crippen LogP contribution >= 0.6 is 7.75 Å². The third-order valence-corrected chi connectivity index (χ3v) is 3.01. The molecule has 5 N–H and O–H groups in total. The van der Waals surface area contributed by atoms with Gasteiger partial charge in [-0.05, 0) is 0 Å². The fraction of sp³-hybridized carbons (Fsp3) is 0.636. The maximum absolute atomic E-state index is 10.6. The van der Waals surface area contributed by atoms with Crippen LogP contribution < -0.4 is 10.2 Å². The van der Waals surface area contributed by atoms with Crippen LogP contribution in [-0.2, 0) is 15.8 Å². The minimum Gasteiger partial charge on any atom is -0.548 e. The van der Waals surface area contributed by atoms with E-state index in [0.717, 1.165) is 11.0 Å². The molecule has 0 aliphatic carbocycles. The van der Waals surface area contributed by atoms with Crippen molar-refractivity contribution in [3.05, 3.63) is 18.2 Å². The van der Waals surface area contributed by atoms with Crippen LogP contribution in [0.3, 0.4) is 0 Å². The molecule has 0 aliphatic rings. The van der Waals surface area contributed by atoms with Gasteiger partial charge in [-0.15, -0.1) is 0 Å². The molecule has 0 spiro atoms. The number of carboxylic acids is 1. The molecule has 1 aromatic heterocycles. The molecule has 1 aromatic rings. The van der Waals surface area contributed by atoms with Gasteiger partial charge in [-0.3, -0.25) is 0 Å². The zero-order chi connectivity index (χ0) is 17.4. The van der Waals surface area contributed by atoms with E-state index in [9.17, 15) is 14.5 Å². The zero-order valence-corrected chi connectivity index (χ0v) is 13.7. The van der Waals surface area contributed by atoms with Crippen LogP contribution in [0.1, 0.15) is 5.69 Å². The lowest BCUT2D eigenvalue weighted by Gasteiger charge is -2.21. The first-order valence-electron chi connectivity index (χ1n) is 6.37. The van der Waals surface area contributed by atoms with Gasteiger partial charge in [0.05, 0.1) is 46.1 Å². The van der Waals surface area contributed by atoms with Gasteiger partial charge in [0, 0.05) is 18.3 Å². The van der Waals surface area contributed by atoms with Crippen LogP contribution in [-0.4, -0.2) is 75.7 Å². The van der Waals surface area contributed by atoms with E-state index in [1.165, 1.54) is 12.5 Å². The Hall–Kier alpha value is -1.29. The smallest absolute Gasteiger partial charge is 0.400 e. The predicted octanol–water partition coefficient (Wildman–Crippen LogP) is -2.56. The summed E-state index contributed by atoms with van der Waals surface area (Å²) in [6.45, 7) is 1.11. The second kappa shape index (κ2) is 8.99. The van der Waals surface area contributed by atoms with Crippen molar-refractivity contribution in [2.24, 2.45) is 0 Å². The molecule has 22 heavy (non-hydrogen) atoms. The number of hydrogen-bond donors (Lipinski definition) is 5. The summed E-state index contributed by atoms with van der Waals surface area (Å²) >= 11 is 0. The van der Waals surface area contributed by atoms with E-state index in [-0.39, 0.29) is 13.0 Å². The molecule has 0 aliphatic heterocycles. The fourth-order valence-electron chi connectivity index (χ4n) is 1.30. The van der Waals surface area contributed by atoms with E-state index in [1.807, 2.05) is 0 Å². The first-order chi connectivity index (χ1) is 9.94. The Morgan fingerprint density at radius 1 is 1.50 bits per heavy atom. The van der Waals surface area contributed by atoms with Gasteiger partial charge < -0.3 is 34.3 Å². The number of likely N-dealkylation sites (N-methyl/N-ethyl adjacent to an activating group) is 1. The number of quaternary nitrogens is 1. The summed E-state index contributed by atoms with van der Waals surface area (Å²) in [4.78, 5) is 33.9. The molecule has 1 rings (SSSR count). The van der Waals surface area contributed by atoms with Gasteiger partial charge >= 0.3 is 7.75 Å². The average molecular weight is 338 g/mol. The number of aromatic amines is 1. The van der Waals surface area contributed by atoms with E-state index in [1.54, 1.807) is 5.09 Å². The van der Waals surface area contributed by atoms with Crippen LogP contribution in [0.15, 0.2) is 12.5 Å². The minimum atomic E-state index is -4.60. The summed E-state index contributed by atoms with van der Waals surface area (Å²) in [6.07, 6.45) is 2.55. The van der Waals surface area contributed by atoms with Gasteiger partial charge in [0.1, 0.15) is 6.54 Å². The number of hydrogen-bond acceptors (Lipinski definition) is 5. The van der Waals surface area contributed by atoms with E-state index in [0.29, 0.717) is 5.69 Å². The highest BCUT2D eigenvalue weighted by Gasteiger charge is 2.21. The van der Waals surface area contributed by atoms with Crippen molar-refractivity contribution in [2.75, 3.05) is 34.3 Å². The molecule has 0 unspecified atom stereocenters. The Bertz CT molecular complexity index is 481. The fourth-order valence-corrected chi connectivity index (χ4v) is 1.90. The molecule has 0 fully saturated rings. The van der Waals surface area contributed by atoms with E-state index >= 15 is 0 Å². The van der Waals surface area contributed by atoms with Crippen molar-refractivity contribution in [1.82, 2.24) is 15.1 Å². The third kappa shape index (κ3) is 11.4. The molecule has 0 aromatic carbocycles. The molecular weight excluding hydrogens is 315 g/mol. The van der Waals surface area contributed by atoms with Gasteiger partial charge in [-0.2, -0.15) is 0 Å². The summed E-state index contributed by atoms with van der Waals surface area (Å²) in [5.41, 5.74) is 0.435. The Morgan fingerprint density at radius 3 is 2.36 bits per heavy atom. The molecule has 1 atom stereocenters. The monoisotopic (exact) mass is 338 g/mol. The minimum absolute atomic E-state index is 0.145. The quantitative estimate of drug-likeness (QED) is 0.268. The van der Waals surface area contributed by atoms with Crippen LogP contribution in [0.25, 0.3) is 0 Å². The number of carbonyl (C=O) groups is 1. The van der Waals surface area contributed by atoms with E-state index in [4.69, 9.17) is 14.9 Å². The molecule has 0 amide bonds. The van der Waals surface area contributed by atoms with Gasteiger partial charge in [-0.1, -0.05) is 0 Å². The summed E-state index contributed by atoms with van der Waals surface area (Å²) < 4.78 is 11.4. The van der Waals surface area contributed by atoms with Crippen molar-refractivity contribution in [1.29, 1.82) is 0 Å². The molecule has 128 valence electrons. The molecule has 10 nitrogen and oxygen atoms in total. The molecule has 0 saturated heterocycles. The number of aromatic nitrogens is 2. The summed E-state index contributed by atoms with van der Waals surface area (Å²) in [6, 6.07) is -1.47. The first-order valence-corrected chi connectivity index (χ1v) is 7.98. The zero-order valence-electron chi connectivity index (χ0n) is 12.8. The number of rotatable bonds is 7. The Labute approximate surface area is 128 Å². The highest BCUT2D eigenvalue weighted by Crippen LogP contribution is 2.29. The van der Waals surface area contributed by atoms with Crippen LogP contribution in [0, 0.1) is 0 Å². The van der Waals surface area contributed by atoms with Crippen molar-refractivity contribution >= 4 is 13.7 Å². The number of aliphatic carboxylic acids is 1. The van der Waals surface area contributed by atoms with E-state index < -0.39 is 19.8 Å². The number of aliphatic hydroxyl groups is 1. The third-order valence-electron chi connectivity index (χ3n) is 2.36. The average Bonchev–Trinajstić information content (AvgIpc) is 2.78. The number of H-pyrrole nitrogens is 1. The summed E-state index contributed by atoms with van der Waals surface area (Å²) in [7, 11) is 1.56. The normalized spacial score (nSPS) is 13.2. The number of carboxylic acid groups (broad SMARTS) is 1. The largest absolute Gasteiger partial charge is 0.548 e.